The Morgan fingerprint density at radius 1 is 1.42 bits per heavy atom. The van der Waals surface area contributed by atoms with E-state index in [9.17, 15) is 9.59 Å². The highest BCUT2D eigenvalue weighted by Gasteiger charge is 2.21. The van der Waals surface area contributed by atoms with Crippen LogP contribution in [0.25, 0.3) is 0 Å². The van der Waals surface area contributed by atoms with Crippen LogP contribution in [0.4, 0.5) is 0 Å². The number of imidazole rings is 1. The number of amides is 1. The maximum atomic E-state index is 11.9. The van der Waals surface area contributed by atoms with Gasteiger partial charge in [0.1, 0.15) is 18.1 Å². The second-order valence-corrected chi connectivity index (χ2v) is 6.27. The monoisotopic (exact) mass is 365 g/mol. The first-order chi connectivity index (χ1) is 11.4. The second kappa shape index (κ2) is 8.03. The van der Waals surface area contributed by atoms with Crippen molar-refractivity contribution >= 4 is 40.6 Å². The van der Waals surface area contributed by atoms with Gasteiger partial charge in [0.2, 0.25) is 0 Å². The lowest BCUT2D eigenvalue weighted by Gasteiger charge is -2.14. The molecule has 8 heteroatoms. The Kier molecular flexibility index (Phi) is 6.05. The molecule has 0 saturated heterocycles. The number of carboxylic acids is 1. The summed E-state index contributed by atoms with van der Waals surface area (Å²) in [6.07, 6.45) is 1.92. The molecule has 24 heavy (non-hydrogen) atoms. The van der Waals surface area contributed by atoms with Crippen molar-refractivity contribution in [1.29, 1.82) is 0 Å². The zero-order valence-corrected chi connectivity index (χ0v) is 14.4. The molecule has 0 fully saturated rings. The fourth-order valence-corrected chi connectivity index (χ4v) is 2.60. The SMILES string of the molecule is CC(=S)C(Cc1ccccc1Cl)c1ncc(C(=O)NCC(=O)O)[nH]1. The number of carbonyl (C=O) groups is 2. The minimum Gasteiger partial charge on any atom is -0.480 e. The molecular weight excluding hydrogens is 350 g/mol. The van der Waals surface area contributed by atoms with Gasteiger partial charge in [-0.2, -0.15) is 0 Å². The summed E-state index contributed by atoms with van der Waals surface area (Å²) in [5, 5.41) is 11.5. The van der Waals surface area contributed by atoms with Gasteiger partial charge in [-0.1, -0.05) is 42.0 Å². The molecular formula is C16H16ClN3O3S. The van der Waals surface area contributed by atoms with Gasteiger partial charge in [0.15, 0.2) is 0 Å². The zero-order valence-electron chi connectivity index (χ0n) is 12.9. The van der Waals surface area contributed by atoms with Crippen molar-refractivity contribution in [2.45, 2.75) is 19.3 Å². The largest absolute Gasteiger partial charge is 0.480 e. The maximum Gasteiger partial charge on any atom is 0.322 e. The molecule has 1 unspecified atom stereocenters. The molecule has 1 heterocycles. The molecule has 1 atom stereocenters. The molecule has 0 aliphatic carbocycles. The number of aliphatic carboxylic acids is 1. The van der Waals surface area contributed by atoms with E-state index in [0.29, 0.717) is 22.1 Å². The van der Waals surface area contributed by atoms with Crippen LogP contribution in [-0.2, 0) is 11.2 Å². The van der Waals surface area contributed by atoms with E-state index in [1.807, 2.05) is 25.1 Å². The summed E-state index contributed by atoms with van der Waals surface area (Å²) in [4.78, 5) is 30.2. The van der Waals surface area contributed by atoms with Crippen molar-refractivity contribution in [2.24, 2.45) is 0 Å². The van der Waals surface area contributed by atoms with E-state index in [0.717, 1.165) is 5.56 Å². The molecule has 0 radical (unpaired) electrons. The second-order valence-electron chi connectivity index (χ2n) is 5.22. The minimum atomic E-state index is -1.12. The lowest BCUT2D eigenvalue weighted by Crippen LogP contribution is -2.29. The number of hydrogen-bond donors (Lipinski definition) is 3. The van der Waals surface area contributed by atoms with E-state index in [-0.39, 0.29) is 11.6 Å². The summed E-state index contributed by atoms with van der Waals surface area (Å²) in [6.45, 7) is 1.35. The molecule has 0 aliphatic heterocycles. The number of benzene rings is 1. The van der Waals surface area contributed by atoms with Gasteiger partial charge >= 0.3 is 5.97 Å². The molecule has 0 spiro atoms. The van der Waals surface area contributed by atoms with Crippen molar-refractivity contribution in [3.05, 3.63) is 52.6 Å². The van der Waals surface area contributed by atoms with Gasteiger partial charge in [-0.25, -0.2) is 4.98 Å². The molecule has 6 nitrogen and oxygen atoms in total. The summed E-state index contributed by atoms with van der Waals surface area (Å²) in [6, 6.07) is 7.46. The van der Waals surface area contributed by atoms with Crippen molar-refractivity contribution in [1.82, 2.24) is 15.3 Å². The molecule has 1 aromatic carbocycles. The van der Waals surface area contributed by atoms with Crippen LogP contribution in [0.3, 0.4) is 0 Å². The average Bonchev–Trinajstić information content (AvgIpc) is 3.01. The molecule has 126 valence electrons. The number of rotatable bonds is 7. The molecule has 3 N–H and O–H groups in total. The number of carboxylic acid groups (broad SMARTS) is 1. The van der Waals surface area contributed by atoms with Gasteiger partial charge in [-0.05, 0) is 25.0 Å². The van der Waals surface area contributed by atoms with Gasteiger partial charge in [0.25, 0.3) is 5.91 Å². The number of aromatic nitrogens is 2. The van der Waals surface area contributed by atoms with Crippen molar-refractivity contribution in [2.75, 3.05) is 6.54 Å². The summed E-state index contributed by atoms with van der Waals surface area (Å²) in [5.74, 6) is -1.31. The van der Waals surface area contributed by atoms with Crippen LogP contribution in [0, 0.1) is 0 Å². The van der Waals surface area contributed by atoms with E-state index in [2.05, 4.69) is 15.3 Å². The van der Waals surface area contributed by atoms with Crippen LogP contribution in [0.5, 0.6) is 0 Å². The zero-order chi connectivity index (χ0) is 17.7. The highest BCUT2D eigenvalue weighted by molar-refractivity contribution is 7.80. The minimum absolute atomic E-state index is 0.187. The Morgan fingerprint density at radius 2 is 2.12 bits per heavy atom. The normalized spacial score (nSPS) is 11.8. The van der Waals surface area contributed by atoms with Crippen LogP contribution in [0.2, 0.25) is 5.02 Å². The number of carbonyl (C=O) groups excluding carboxylic acids is 1. The van der Waals surface area contributed by atoms with Crippen LogP contribution in [0.15, 0.2) is 30.5 Å². The van der Waals surface area contributed by atoms with Crippen molar-refractivity contribution in [3.8, 4) is 0 Å². The Morgan fingerprint density at radius 3 is 2.75 bits per heavy atom. The topological polar surface area (TPSA) is 95.1 Å². The Bertz CT molecular complexity index is 775. The van der Waals surface area contributed by atoms with Gasteiger partial charge in [-0.15, -0.1) is 0 Å². The third-order valence-electron chi connectivity index (χ3n) is 3.44. The van der Waals surface area contributed by atoms with Crippen LogP contribution in [-0.4, -0.2) is 38.4 Å². The predicted molar refractivity (Wildman–Crippen MR) is 94.7 cm³/mol. The fraction of sp³-hybridized carbons (Fsp3) is 0.250. The first-order valence-corrected chi connectivity index (χ1v) is 7.96. The van der Waals surface area contributed by atoms with Crippen molar-refractivity contribution < 1.29 is 14.7 Å². The van der Waals surface area contributed by atoms with E-state index in [1.165, 1.54) is 6.20 Å². The number of hydrogen-bond acceptors (Lipinski definition) is 4. The van der Waals surface area contributed by atoms with E-state index in [1.54, 1.807) is 6.07 Å². The first-order valence-electron chi connectivity index (χ1n) is 7.17. The third-order valence-corrected chi connectivity index (χ3v) is 4.10. The van der Waals surface area contributed by atoms with Crippen LogP contribution >= 0.6 is 23.8 Å². The Labute approximate surface area is 149 Å². The van der Waals surface area contributed by atoms with E-state index < -0.39 is 18.4 Å². The predicted octanol–water partition coefficient (Wildman–Crippen LogP) is 2.59. The maximum absolute atomic E-state index is 11.9. The quantitative estimate of drug-likeness (QED) is 0.655. The van der Waals surface area contributed by atoms with E-state index in [4.69, 9.17) is 28.9 Å². The molecule has 1 aromatic heterocycles. The number of nitrogens with one attached hydrogen (secondary N) is 2. The number of thiocarbonyl (C=S) groups is 1. The fourth-order valence-electron chi connectivity index (χ4n) is 2.20. The van der Waals surface area contributed by atoms with Crippen LogP contribution in [0.1, 0.15) is 34.7 Å². The lowest BCUT2D eigenvalue weighted by molar-refractivity contribution is -0.135. The van der Waals surface area contributed by atoms with Crippen LogP contribution < -0.4 is 5.32 Å². The van der Waals surface area contributed by atoms with Gasteiger partial charge in [-0.3, -0.25) is 9.59 Å². The summed E-state index contributed by atoms with van der Waals surface area (Å²) in [7, 11) is 0. The Hall–Kier alpha value is -2.25. The number of nitrogens with zero attached hydrogens (tertiary/aromatic N) is 1. The Balaban J connectivity index is 2.18. The molecule has 1 amide bonds. The highest BCUT2D eigenvalue weighted by Crippen LogP contribution is 2.25. The number of aromatic amines is 1. The molecule has 0 bridgehead atoms. The lowest BCUT2D eigenvalue weighted by atomic mass is 9.96. The standard InChI is InChI=1S/C16H16ClN3O3S/c1-9(24)11(6-10-4-2-3-5-12(10)17)15-18-7-13(20-15)16(23)19-8-14(21)22/h2-5,7,11H,6,8H2,1H3,(H,18,20)(H,19,23)(H,21,22). The summed E-state index contributed by atoms with van der Waals surface area (Å²) < 4.78 is 0. The average molecular weight is 366 g/mol. The molecule has 0 saturated carbocycles. The summed E-state index contributed by atoms with van der Waals surface area (Å²) in [5.41, 5.74) is 1.12. The summed E-state index contributed by atoms with van der Waals surface area (Å²) >= 11 is 11.5. The van der Waals surface area contributed by atoms with Gasteiger partial charge < -0.3 is 15.4 Å². The van der Waals surface area contributed by atoms with Crippen molar-refractivity contribution in [3.63, 3.8) is 0 Å². The first kappa shape index (κ1) is 18.1. The number of H-pyrrole nitrogens is 1. The van der Waals surface area contributed by atoms with E-state index >= 15 is 0 Å². The smallest absolute Gasteiger partial charge is 0.322 e. The molecule has 0 aliphatic rings. The third kappa shape index (κ3) is 4.62. The highest BCUT2D eigenvalue weighted by atomic mass is 35.5. The molecule has 2 rings (SSSR count). The van der Waals surface area contributed by atoms with Gasteiger partial charge in [0.05, 0.1) is 12.1 Å². The number of halogens is 1. The molecule has 2 aromatic rings. The van der Waals surface area contributed by atoms with Gasteiger partial charge in [0, 0.05) is 9.89 Å².